The van der Waals surface area contributed by atoms with E-state index in [0.29, 0.717) is 0 Å². The molecule has 0 atom stereocenters. The summed E-state index contributed by atoms with van der Waals surface area (Å²) in [5, 5.41) is 0. The third-order valence-electron chi connectivity index (χ3n) is 4.31. The molecule has 0 saturated carbocycles. The number of carbonyl (C=O) groups is 1. The number of nitrogens with zero attached hydrogens (tertiary/aromatic N) is 2. The quantitative estimate of drug-likeness (QED) is 0.709. The summed E-state index contributed by atoms with van der Waals surface area (Å²) in [6.07, 6.45) is 1.08. The smallest absolute Gasteiger partial charge is 0.253 e. The molecule has 0 aliphatic carbocycles. The van der Waals surface area contributed by atoms with Crippen molar-refractivity contribution in [1.82, 2.24) is 9.80 Å². The van der Waals surface area contributed by atoms with Gasteiger partial charge in [-0.15, -0.1) is 0 Å². The van der Waals surface area contributed by atoms with Crippen LogP contribution < -0.4 is 0 Å². The van der Waals surface area contributed by atoms with Crippen LogP contribution in [0.3, 0.4) is 0 Å². The molecular weight excluding hydrogens is 399 g/mol. The average Bonchev–Trinajstić information content (AvgIpc) is 2.61. The van der Waals surface area contributed by atoms with Gasteiger partial charge in [0.1, 0.15) is 0 Å². The molecule has 1 amide bonds. The molecule has 1 heterocycles. The van der Waals surface area contributed by atoms with Crippen LogP contribution in [0.1, 0.15) is 15.9 Å². The van der Waals surface area contributed by atoms with Gasteiger partial charge < -0.3 is 4.90 Å². The first-order chi connectivity index (χ1) is 11.2. The SMILES string of the molecule is O=C(c1ccc(I)cc1)N1CCN(CCc2ccccc2)CC1. The molecule has 0 N–H and O–H groups in total. The van der Waals surface area contributed by atoms with Gasteiger partial charge in [0.15, 0.2) is 0 Å². The van der Waals surface area contributed by atoms with Gasteiger partial charge in [-0.25, -0.2) is 0 Å². The molecule has 0 bridgehead atoms. The Labute approximate surface area is 151 Å². The zero-order valence-corrected chi connectivity index (χ0v) is 15.3. The van der Waals surface area contributed by atoms with Gasteiger partial charge in [-0.05, 0) is 58.8 Å². The molecule has 0 unspecified atom stereocenters. The summed E-state index contributed by atoms with van der Waals surface area (Å²) in [6, 6.07) is 18.4. The number of benzene rings is 2. The fourth-order valence-electron chi connectivity index (χ4n) is 2.88. The average molecular weight is 420 g/mol. The third kappa shape index (κ3) is 4.54. The van der Waals surface area contributed by atoms with Crippen molar-refractivity contribution in [2.45, 2.75) is 6.42 Å². The molecule has 2 aromatic rings. The lowest BCUT2D eigenvalue weighted by Crippen LogP contribution is -2.49. The van der Waals surface area contributed by atoms with E-state index in [9.17, 15) is 4.79 Å². The highest BCUT2D eigenvalue weighted by Gasteiger charge is 2.21. The third-order valence-corrected chi connectivity index (χ3v) is 5.03. The number of hydrogen-bond acceptors (Lipinski definition) is 2. The van der Waals surface area contributed by atoms with Gasteiger partial charge in [0.05, 0.1) is 0 Å². The molecule has 0 aromatic heterocycles. The van der Waals surface area contributed by atoms with E-state index in [0.717, 1.165) is 48.3 Å². The molecule has 0 spiro atoms. The van der Waals surface area contributed by atoms with E-state index in [1.54, 1.807) is 0 Å². The standard InChI is InChI=1S/C19H21IN2O/c20-18-8-6-17(7-9-18)19(23)22-14-12-21(13-15-22)11-10-16-4-2-1-3-5-16/h1-9H,10-15H2. The van der Waals surface area contributed by atoms with Crippen LogP contribution in [0.15, 0.2) is 54.6 Å². The minimum absolute atomic E-state index is 0.157. The van der Waals surface area contributed by atoms with Gasteiger partial charge in [0.2, 0.25) is 0 Å². The zero-order chi connectivity index (χ0) is 16.1. The van der Waals surface area contributed by atoms with Crippen LogP contribution in [0.2, 0.25) is 0 Å². The number of halogens is 1. The number of carbonyl (C=O) groups excluding carboxylic acids is 1. The van der Waals surface area contributed by atoms with E-state index in [2.05, 4.69) is 57.8 Å². The summed E-state index contributed by atoms with van der Waals surface area (Å²) in [4.78, 5) is 16.9. The largest absolute Gasteiger partial charge is 0.336 e. The topological polar surface area (TPSA) is 23.6 Å². The van der Waals surface area contributed by atoms with Crippen LogP contribution in [0.25, 0.3) is 0 Å². The molecule has 1 saturated heterocycles. The fraction of sp³-hybridized carbons (Fsp3) is 0.316. The van der Waals surface area contributed by atoms with Gasteiger partial charge in [0, 0.05) is 41.9 Å². The van der Waals surface area contributed by atoms with Crippen molar-refractivity contribution in [1.29, 1.82) is 0 Å². The van der Waals surface area contributed by atoms with Crippen molar-refractivity contribution in [3.8, 4) is 0 Å². The van der Waals surface area contributed by atoms with Crippen LogP contribution in [0, 0.1) is 3.57 Å². The first kappa shape index (κ1) is 16.5. The number of piperazine rings is 1. The van der Waals surface area contributed by atoms with Crippen molar-refractivity contribution in [3.63, 3.8) is 0 Å². The zero-order valence-electron chi connectivity index (χ0n) is 13.1. The molecule has 120 valence electrons. The Balaban J connectivity index is 1.48. The number of hydrogen-bond donors (Lipinski definition) is 0. The summed E-state index contributed by atoms with van der Waals surface area (Å²) < 4.78 is 1.16. The van der Waals surface area contributed by atoms with Crippen LogP contribution in [0.5, 0.6) is 0 Å². The monoisotopic (exact) mass is 420 g/mol. The number of amides is 1. The van der Waals surface area contributed by atoms with E-state index < -0.39 is 0 Å². The van der Waals surface area contributed by atoms with Gasteiger partial charge in [-0.1, -0.05) is 30.3 Å². The molecule has 1 aliphatic heterocycles. The molecule has 0 radical (unpaired) electrons. The Kier molecular flexibility index (Phi) is 5.67. The van der Waals surface area contributed by atoms with Crippen molar-refractivity contribution >= 4 is 28.5 Å². The van der Waals surface area contributed by atoms with E-state index in [1.165, 1.54) is 5.56 Å². The Bertz CT molecular complexity index is 634. The van der Waals surface area contributed by atoms with Gasteiger partial charge in [0.25, 0.3) is 5.91 Å². The lowest BCUT2D eigenvalue weighted by molar-refractivity contribution is 0.0638. The molecule has 23 heavy (non-hydrogen) atoms. The summed E-state index contributed by atoms with van der Waals surface area (Å²) in [7, 11) is 0. The van der Waals surface area contributed by atoms with Gasteiger partial charge in [-0.2, -0.15) is 0 Å². The maximum Gasteiger partial charge on any atom is 0.253 e. The Morgan fingerprint density at radius 3 is 2.22 bits per heavy atom. The second-order valence-corrected chi connectivity index (χ2v) is 7.12. The normalized spacial score (nSPS) is 15.6. The number of rotatable bonds is 4. The molecule has 4 heteroatoms. The molecule has 3 nitrogen and oxygen atoms in total. The van der Waals surface area contributed by atoms with Crippen molar-refractivity contribution < 1.29 is 4.79 Å². The lowest BCUT2D eigenvalue weighted by Gasteiger charge is -2.34. The second-order valence-electron chi connectivity index (χ2n) is 5.88. The van der Waals surface area contributed by atoms with Crippen LogP contribution in [-0.2, 0) is 6.42 Å². The van der Waals surface area contributed by atoms with E-state index >= 15 is 0 Å². The molecule has 1 aliphatic rings. The van der Waals surface area contributed by atoms with Crippen LogP contribution >= 0.6 is 22.6 Å². The molecule has 1 fully saturated rings. The molecular formula is C19H21IN2O. The second kappa shape index (κ2) is 7.93. The van der Waals surface area contributed by atoms with Crippen LogP contribution in [0.4, 0.5) is 0 Å². The van der Waals surface area contributed by atoms with Crippen LogP contribution in [-0.4, -0.2) is 48.4 Å². The predicted octanol–water partition coefficient (Wildman–Crippen LogP) is 3.29. The van der Waals surface area contributed by atoms with E-state index in [-0.39, 0.29) is 5.91 Å². The first-order valence-corrected chi connectivity index (χ1v) is 9.11. The van der Waals surface area contributed by atoms with Crippen molar-refractivity contribution in [2.75, 3.05) is 32.7 Å². The Morgan fingerprint density at radius 1 is 0.913 bits per heavy atom. The highest BCUT2D eigenvalue weighted by Crippen LogP contribution is 2.12. The van der Waals surface area contributed by atoms with E-state index in [4.69, 9.17) is 0 Å². The first-order valence-electron chi connectivity index (χ1n) is 8.03. The minimum Gasteiger partial charge on any atom is -0.336 e. The highest BCUT2D eigenvalue weighted by atomic mass is 127. The highest BCUT2D eigenvalue weighted by molar-refractivity contribution is 14.1. The lowest BCUT2D eigenvalue weighted by atomic mass is 10.1. The van der Waals surface area contributed by atoms with Gasteiger partial charge in [-0.3, -0.25) is 9.69 Å². The summed E-state index contributed by atoms with van der Waals surface area (Å²) in [6.45, 7) is 4.63. The summed E-state index contributed by atoms with van der Waals surface area (Å²) >= 11 is 2.26. The van der Waals surface area contributed by atoms with Crippen molar-refractivity contribution in [2.24, 2.45) is 0 Å². The van der Waals surface area contributed by atoms with E-state index in [1.807, 2.05) is 29.2 Å². The molecule has 2 aromatic carbocycles. The summed E-state index contributed by atoms with van der Waals surface area (Å²) in [5.74, 6) is 0.157. The maximum absolute atomic E-state index is 12.5. The predicted molar refractivity (Wildman–Crippen MR) is 102 cm³/mol. The summed E-state index contributed by atoms with van der Waals surface area (Å²) in [5.41, 5.74) is 2.17. The maximum atomic E-state index is 12.5. The van der Waals surface area contributed by atoms with Crippen molar-refractivity contribution in [3.05, 3.63) is 69.3 Å². The minimum atomic E-state index is 0.157. The Hall–Kier alpha value is -1.40. The van der Waals surface area contributed by atoms with Gasteiger partial charge >= 0.3 is 0 Å². The Morgan fingerprint density at radius 2 is 1.57 bits per heavy atom. The molecule has 3 rings (SSSR count). The fourth-order valence-corrected chi connectivity index (χ4v) is 3.24.